The highest BCUT2D eigenvalue weighted by molar-refractivity contribution is 5.88. The molecule has 0 aromatic carbocycles. The fourth-order valence-corrected chi connectivity index (χ4v) is 4.59. The van der Waals surface area contributed by atoms with Crippen LogP contribution in [-0.2, 0) is 17.5 Å². The van der Waals surface area contributed by atoms with Gasteiger partial charge in [0.25, 0.3) is 0 Å². The fraction of sp³-hybridized carbons (Fsp3) is 0.750. The van der Waals surface area contributed by atoms with Gasteiger partial charge < -0.3 is 14.7 Å². The first kappa shape index (κ1) is 21.0. The van der Waals surface area contributed by atoms with Crippen molar-refractivity contribution in [2.24, 2.45) is 11.3 Å². The van der Waals surface area contributed by atoms with E-state index in [2.05, 4.69) is 5.10 Å². The zero-order valence-electron chi connectivity index (χ0n) is 17.3. The molecular formula is C20H26F3N3O4. The summed E-state index contributed by atoms with van der Waals surface area (Å²) in [5.74, 6) is -1.95. The molecule has 166 valence electrons. The normalized spacial score (nSPS) is 23.1. The minimum Gasteiger partial charge on any atom is -0.477 e. The van der Waals surface area contributed by atoms with Gasteiger partial charge in [0.2, 0.25) is 0 Å². The molecule has 1 spiro atoms. The molecule has 3 fully saturated rings. The van der Waals surface area contributed by atoms with Crippen molar-refractivity contribution in [2.45, 2.75) is 70.7 Å². The molecule has 1 unspecified atom stereocenters. The number of rotatable bonds is 4. The van der Waals surface area contributed by atoms with E-state index >= 15 is 0 Å². The fourth-order valence-electron chi connectivity index (χ4n) is 4.59. The van der Waals surface area contributed by atoms with Crippen molar-refractivity contribution in [1.82, 2.24) is 14.7 Å². The van der Waals surface area contributed by atoms with Gasteiger partial charge in [0, 0.05) is 31.0 Å². The molecule has 1 N–H and O–H groups in total. The lowest BCUT2D eigenvalue weighted by Gasteiger charge is -2.60. The van der Waals surface area contributed by atoms with E-state index in [4.69, 9.17) is 4.74 Å². The molecule has 0 bridgehead atoms. The topological polar surface area (TPSA) is 84.7 Å². The number of amides is 1. The molecular weight excluding hydrogens is 403 g/mol. The molecule has 1 amide bonds. The number of carbonyl (C=O) groups excluding carboxylic acids is 1. The SMILES string of the molecule is CC(C)(C)OC(=O)N1CC2(CCC2Cn2nc(C3CC3)c(C(F)(F)F)c2C(=O)O)C1. The summed E-state index contributed by atoms with van der Waals surface area (Å²) in [7, 11) is 0. The van der Waals surface area contributed by atoms with E-state index in [0.717, 1.165) is 17.5 Å². The number of aromatic nitrogens is 2. The number of nitrogens with zero attached hydrogens (tertiary/aromatic N) is 3. The van der Waals surface area contributed by atoms with Gasteiger partial charge in [0.15, 0.2) is 5.69 Å². The third kappa shape index (κ3) is 3.65. The lowest BCUT2D eigenvalue weighted by atomic mass is 9.56. The first-order valence-electron chi connectivity index (χ1n) is 10.2. The molecule has 1 saturated heterocycles. The Morgan fingerprint density at radius 2 is 1.83 bits per heavy atom. The third-order valence-corrected chi connectivity index (χ3v) is 6.34. The quantitative estimate of drug-likeness (QED) is 0.778. The van der Waals surface area contributed by atoms with Gasteiger partial charge in [-0.2, -0.15) is 18.3 Å². The van der Waals surface area contributed by atoms with Gasteiger partial charge in [-0.05, 0) is 52.4 Å². The van der Waals surface area contributed by atoms with E-state index in [1.54, 1.807) is 25.7 Å². The summed E-state index contributed by atoms with van der Waals surface area (Å²) < 4.78 is 47.3. The van der Waals surface area contributed by atoms with Crippen molar-refractivity contribution in [3.63, 3.8) is 0 Å². The van der Waals surface area contributed by atoms with Crippen LogP contribution in [0.5, 0.6) is 0 Å². The van der Waals surface area contributed by atoms with Gasteiger partial charge in [0.1, 0.15) is 11.2 Å². The van der Waals surface area contributed by atoms with Crippen molar-refractivity contribution in [3.05, 3.63) is 17.0 Å². The van der Waals surface area contributed by atoms with Gasteiger partial charge in [-0.3, -0.25) is 4.68 Å². The molecule has 3 aliphatic rings. The number of hydrogen-bond donors (Lipinski definition) is 1. The number of hydrogen-bond acceptors (Lipinski definition) is 4. The molecule has 10 heteroatoms. The van der Waals surface area contributed by atoms with Gasteiger partial charge in [-0.15, -0.1) is 0 Å². The van der Waals surface area contributed by atoms with E-state index in [0.29, 0.717) is 25.9 Å². The highest BCUT2D eigenvalue weighted by atomic mass is 19.4. The Balaban J connectivity index is 1.52. The number of carboxylic acids is 1. The highest BCUT2D eigenvalue weighted by Crippen LogP contribution is 2.54. The second kappa shape index (κ2) is 6.62. The van der Waals surface area contributed by atoms with E-state index in [-0.39, 0.29) is 29.5 Å². The summed E-state index contributed by atoms with van der Waals surface area (Å²) in [6, 6.07) is 0. The average molecular weight is 429 g/mol. The number of likely N-dealkylation sites (tertiary alicyclic amines) is 1. The summed E-state index contributed by atoms with van der Waals surface area (Å²) in [6.07, 6.45) is -2.36. The van der Waals surface area contributed by atoms with Crippen LogP contribution in [0.25, 0.3) is 0 Å². The Morgan fingerprint density at radius 3 is 2.27 bits per heavy atom. The molecule has 1 aromatic heterocycles. The predicted octanol–water partition coefficient (Wildman–Crippen LogP) is 4.12. The average Bonchev–Trinajstić information content (AvgIpc) is 3.27. The van der Waals surface area contributed by atoms with Crippen LogP contribution in [0.2, 0.25) is 0 Å². The molecule has 30 heavy (non-hydrogen) atoms. The Hall–Kier alpha value is -2.26. The molecule has 0 radical (unpaired) electrons. The van der Waals surface area contributed by atoms with E-state index < -0.39 is 35.1 Å². The number of carbonyl (C=O) groups is 2. The maximum atomic E-state index is 13.6. The molecule has 1 aromatic rings. The lowest BCUT2D eigenvalue weighted by molar-refractivity contribution is -0.139. The summed E-state index contributed by atoms with van der Waals surface area (Å²) in [6.45, 7) is 6.41. The summed E-state index contributed by atoms with van der Waals surface area (Å²) in [4.78, 5) is 25.5. The Morgan fingerprint density at radius 1 is 1.20 bits per heavy atom. The van der Waals surface area contributed by atoms with Crippen LogP contribution in [0.1, 0.15) is 74.1 Å². The van der Waals surface area contributed by atoms with E-state index in [1.807, 2.05) is 0 Å². The zero-order chi connectivity index (χ0) is 22.1. The van der Waals surface area contributed by atoms with Crippen LogP contribution in [-0.4, -0.2) is 50.5 Å². The van der Waals surface area contributed by atoms with E-state index in [9.17, 15) is 27.9 Å². The van der Waals surface area contributed by atoms with Gasteiger partial charge in [0.05, 0.1) is 5.69 Å². The molecule has 2 heterocycles. The number of halogens is 3. The maximum absolute atomic E-state index is 13.6. The smallest absolute Gasteiger partial charge is 0.420 e. The largest absolute Gasteiger partial charge is 0.477 e. The molecule has 7 nitrogen and oxygen atoms in total. The summed E-state index contributed by atoms with van der Waals surface area (Å²) in [5.41, 5.74) is -2.81. The van der Waals surface area contributed by atoms with Gasteiger partial charge in [-0.25, -0.2) is 9.59 Å². The molecule has 2 aliphatic carbocycles. The molecule has 1 aliphatic heterocycles. The van der Waals surface area contributed by atoms with Crippen molar-refractivity contribution >= 4 is 12.1 Å². The van der Waals surface area contributed by atoms with Crippen molar-refractivity contribution in [2.75, 3.05) is 13.1 Å². The van der Waals surface area contributed by atoms with Crippen LogP contribution in [0, 0.1) is 11.3 Å². The predicted molar refractivity (Wildman–Crippen MR) is 99.1 cm³/mol. The zero-order valence-corrected chi connectivity index (χ0v) is 17.3. The van der Waals surface area contributed by atoms with Crippen LogP contribution < -0.4 is 0 Å². The second-order valence-electron chi connectivity index (χ2n) is 9.80. The van der Waals surface area contributed by atoms with Crippen LogP contribution in [0.15, 0.2) is 0 Å². The molecule has 1 atom stereocenters. The first-order valence-corrected chi connectivity index (χ1v) is 10.2. The second-order valence-corrected chi connectivity index (χ2v) is 9.80. The summed E-state index contributed by atoms with van der Waals surface area (Å²) in [5, 5.41) is 13.6. The lowest BCUT2D eigenvalue weighted by Crippen LogP contribution is -2.66. The minimum absolute atomic E-state index is 0.0256. The first-order chi connectivity index (χ1) is 13.8. The number of aromatic carboxylic acids is 1. The Bertz CT molecular complexity index is 877. The van der Waals surface area contributed by atoms with Gasteiger partial charge >= 0.3 is 18.2 Å². The number of ether oxygens (including phenoxy) is 1. The molecule has 4 rings (SSSR count). The van der Waals surface area contributed by atoms with Crippen LogP contribution >= 0.6 is 0 Å². The number of carboxylic acid groups (broad SMARTS) is 1. The standard InChI is InChI=1S/C20H26F3N3O4/c1-18(2,3)30-17(29)25-9-19(10-25)7-6-12(19)8-26-15(16(27)28)13(20(21,22)23)14(24-26)11-4-5-11/h11-12H,4-10H2,1-3H3,(H,27,28). The van der Waals surface area contributed by atoms with Crippen molar-refractivity contribution < 1.29 is 32.6 Å². The van der Waals surface area contributed by atoms with E-state index in [1.165, 1.54) is 0 Å². The van der Waals surface area contributed by atoms with Crippen molar-refractivity contribution in [1.29, 1.82) is 0 Å². The maximum Gasteiger partial charge on any atom is 0.420 e. The highest BCUT2D eigenvalue weighted by Gasteiger charge is 2.57. The minimum atomic E-state index is -4.76. The van der Waals surface area contributed by atoms with Crippen LogP contribution in [0.3, 0.4) is 0 Å². The molecule has 2 saturated carbocycles. The Kier molecular flexibility index (Phi) is 4.63. The summed E-state index contributed by atoms with van der Waals surface area (Å²) >= 11 is 0. The monoisotopic (exact) mass is 429 g/mol. The number of alkyl halides is 3. The van der Waals surface area contributed by atoms with Crippen LogP contribution in [0.4, 0.5) is 18.0 Å². The van der Waals surface area contributed by atoms with Gasteiger partial charge in [-0.1, -0.05) is 0 Å². The van der Waals surface area contributed by atoms with Crippen molar-refractivity contribution in [3.8, 4) is 0 Å². The third-order valence-electron chi connectivity index (χ3n) is 6.34. The Labute approximate surface area is 172 Å².